The van der Waals surface area contributed by atoms with Gasteiger partial charge in [0.25, 0.3) is 5.91 Å². The third-order valence-electron chi connectivity index (χ3n) is 3.30. The van der Waals surface area contributed by atoms with Crippen LogP contribution in [0.5, 0.6) is 11.5 Å². The molecule has 1 aromatic carbocycles. The Balaban J connectivity index is 1.85. The fourth-order valence-electron chi connectivity index (χ4n) is 2.13. The Labute approximate surface area is 143 Å². The molecule has 0 unspecified atom stereocenters. The highest BCUT2D eigenvalue weighted by atomic mass is 32.1. The van der Waals surface area contributed by atoms with Gasteiger partial charge in [-0.25, -0.2) is 4.98 Å². The minimum absolute atomic E-state index is 0.297. The van der Waals surface area contributed by atoms with Crippen molar-refractivity contribution >= 4 is 22.4 Å². The number of benzene rings is 1. The van der Waals surface area contributed by atoms with E-state index in [1.807, 2.05) is 23.6 Å². The van der Waals surface area contributed by atoms with Crippen LogP contribution in [0.3, 0.4) is 0 Å². The highest BCUT2D eigenvalue weighted by molar-refractivity contribution is 7.14. The van der Waals surface area contributed by atoms with E-state index in [9.17, 15) is 4.79 Å². The van der Waals surface area contributed by atoms with Crippen molar-refractivity contribution in [2.24, 2.45) is 0 Å². The first kappa shape index (κ1) is 15.9. The molecule has 3 aromatic rings. The molecule has 7 heteroatoms. The van der Waals surface area contributed by atoms with Gasteiger partial charge in [-0.2, -0.15) is 0 Å². The van der Waals surface area contributed by atoms with E-state index in [-0.39, 0.29) is 5.91 Å². The third kappa shape index (κ3) is 3.36. The van der Waals surface area contributed by atoms with Gasteiger partial charge < -0.3 is 9.47 Å². The molecule has 3 rings (SSSR count). The number of pyridine rings is 1. The lowest BCUT2D eigenvalue weighted by molar-refractivity contribution is 0.102. The topological polar surface area (TPSA) is 73.3 Å². The number of anilines is 1. The quantitative estimate of drug-likeness (QED) is 0.769. The molecule has 0 spiro atoms. The van der Waals surface area contributed by atoms with Gasteiger partial charge in [-0.15, -0.1) is 11.3 Å². The molecule has 0 atom stereocenters. The van der Waals surface area contributed by atoms with Gasteiger partial charge in [-0.05, 0) is 30.3 Å². The number of methoxy groups -OCH3 is 2. The van der Waals surface area contributed by atoms with Crippen molar-refractivity contribution in [1.82, 2.24) is 9.97 Å². The van der Waals surface area contributed by atoms with Crippen LogP contribution in [0.25, 0.3) is 11.3 Å². The molecular weight excluding hydrogens is 326 g/mol. The highest BCUT2D eigenvalue weighted by Crippen LogP contribution is 2.35. The van der Waals surface area contributed by atoms with E-state index in [1.165, 1.54) is 11.3 Å². The zero-order chi connectivity index (χ0) is 16.9. The Hall–Kier alpha value is -2.93. The number of carbonyl (C=O) groups excluding carboxylic acids is 1. The van der Waals surface area contributed by atoms with Crippen molar-refractivity contribution in [2.75, 3.05) is 19.5 Å². The zero-order valence-electron chi connectivity index (χ0n) is 13.1. The van der Waals surface area contributed by atoms with Gasteiger partial charge in [0.15, 0.2) is 5.13 Å². The first-order valence-electron chi connectivity index (χ1n) is 7.11. The number of ether oxygens (including phenoxy) is 2. The summed E-state index contributed by atoms with van der Waals surface area (Å²) in [6.07, 6.45) is 1.57. The molecule has 0 saturated heterocycles. The van der Waals surface area contributed by atoms with Crippen LogP contribution in [-0.2, 0) is 0 Å². The maximum Gasteiger partial charge on any atom is 0.276 e. The van der Waals surface area contributed by atoms with Gasteiger partial charge in [0.05, 0.1) is 19.9 Å². The standard InChI is InChI=1S/C17H15N3O3S/c1-22-11-6-7-15(23-2)12(9-11)14-10-24-17(19-14)20-16(21)13-5-3-4-8-18-13/h3-10H,1-2H3,(H,19,20,21). The Kier molecular flexibility index (Phi) is 4.72. The molecule has 0 saturated carbocycles. The van der Waals surface area contributed by atoms with Gasteiger partial charge in [0, 0.05) is 17.1 Å². The monoisotopic (exact) mass is 341 g/mol. The van der Waals surface area contributed by atoms with Crippen molar-refractivity contribution in [1.29, 1.82) is 0 Å². The average molecular weight is 341 g/mol. The number of nitrogens with one attached hydrogen (secondary N) is 1. The second-order valence-electron chi connectivity index (χ2n) is 4.77. The lowest BCUT2D eigenvalue weighted by atomic mass is 10.1. The number of hydrogen-bond donors (Lipinski definition) is 1. The molecule has 1 amide bonds. The summed E-state index contributed by atoms with van der Waals surface area (Å²) >= 11 is 1.33. The highest BCUT2D eigenvalue weighted by Gasteiger charge is 2.14. The molecule has 2 aromatic heterocycles. The fraction of sp³-hybridized carbons (Fsp3) is 0.118. The van der Waals surface area contributed by atoms with E-state index < -0.39 is 0 Å². The maximum absolute atomic E-state index is 12.1. The summed E-state index contributed by atoms with van der Waals surface area (Å²) in [5.74, 6) is 1.09. The minimum Gasteiger partial charge on any atom is -0.497 e. The zero-order valence-corrected chi connectivity index (χ0v) is 14.0. The predicted molar refractivity (Wildman–Crippen MR) is 92.8 cm³/mol. The van der Waals surface area contributed by atoms with Gasteiger partial charge in [0.1, 0.15) is 17.2 Å². The summed E-state index contributed by atoms with van der Waals surface area (Å²) in [5, 5.41) is 5.09. The molecule has 0 fully saturated rings. The molecule has 1 N–H and O–H groups in total. The number of rotatable bonds is 5. The minimum atomic E-state index is -0.297. The number of thiazole rings is 1. The summed E-state index contributed by atoms with van der Waals surface area (Å²) in [4.78, 5) is 20.6. The van der Waals surface area contributed by atoms with Crippen LogP contribution in [0, 0.1) is 0 Å². The SMILES string of the molecule is COc1ccc(OC)c(-c2csc(NC(=O)c3ccccn3)n2)c1. The van der Waals surface area contributed by atoms with Gasteiger partial charge >= 0.3 is 0 Å². The maximum atomic E-state index is 12.1. The number of aromatic nitrogens is 2. The lowest BCUT2D eigenvalue weighted by Crippen LogP contribution is -2.13. The first-order chi connectivity index (χ1) is 11.7. The van der Waals surface area contributed by atoms with Gasteiger partial charge in [0.2, 0.25) is 0 Å². The van der Waals surface area contributed by atoms with Crippen LogP contribution >= 0.6 is 11.3 Å². The van der Waals surface area contributed by atoms with Crippen LogP contribution in [0.1, 0.15) is 10.5 Å². The fourth-order valence-corrected chi connectivity index (χ4v) is 2.83. The van der Waals surface area contributed by atoms with E-state index in [4.69, 9.17) is 9.47 Å². The lowest BCUT2D eigenvalue weighted by Gasteiger charge is -2.08. The third-order valence-corrected chi connectivity index (χ3v) is 4.06. The Morgan fingerprint density at radius 1 is 1.17 bits per heavy atom. The number of carbonyl (C=O) groups is 1. The summed E-state index contributed by atoms with van der Waals surface area (Å²) in [7, 11) is 3.20. The van der Waals surface area contributed by atoms with E-state index in [0.29, 0.717) is 28.0 Å². The number of amides is 1. The van der Waals surface area contributed by atoms with Crippen molar-refractivity contribution in [2.45, 2.75) is 0 Å². The van der Waals surface area contributed by atoms with Crippen LogP contribution in [-0.4, -0.2) is 30.1 Å². The molecule has 122 valence electrons. The van der Waals surface area contributed by atoms with Crippen LogP contribution in [0.2, 0.25) is 0 Å². The second kappa shape index (κ2) is 7.10. The molecule has 0 aliphatic carbocycles. The Bertz CT molecular complexity index is 849. The summed E-state index contributed by atoms with van der Waals surface area (Å²) in [5.41, 5.74) is 1.84. The van der Waals surface area contributed by atoms with E-state index >= 15 is 0 Å². The van der Waals surface area contributed by atoms with Crippen LogP contribution < -0.4 is 14.8 Å². The predicted octanol–water partition coefficient (Wildman–Crippen LogP) is 3.47. The number of hydrogen-bond acceptors (Lipinski definition) is 6. The van der Waals surface area contributed by atoms with Crippen LogP contribution in [0.4, 0.5) is 5.13 Å². The largest absolute Gasteiger partial charge is 0.497 e. The summed E-state index contributed by atoms with van der Waals surface area (Å²) < 4.78 is 10.6. The molecule has 24 heavy (non-hydrogen) atoms. The molecule has 6 nitrogen and oxygen atoms in total. The average Bonchev–Trinajstić information content (AvgIpc) is 3.10. The summed E-state index contributed by atoms with van der Waals surface area (Å²) in [6, 6.07) is 10.6. The second-order valence-corrected chi connectivity index (χ2v) is 5.63. The Morgan fingerprint density at radius 3 is 2.75 bits per heavy atom. The first-order valence-corrected chi connectivity index (χ1v) is 7.99. The van der Waals surface area contributed by atoms with Crippen molar-refractivity contribution in [3.63, 3.8) is 0 Å². The summed E-state index contributed by atoms with van der Waals surface area (Å²) in [6.45, 7) is 0. The van der Waals surface area contributed by atoms with Crippen molar-refractivity contribution in [3.8, 4) is 22.8 Å². The van der Waals surface area contributed by atoms with Gasteiger partial charge in [-0.1, -0.05) is 6.07 Å². The Morgan fingerprint density at radius 2 is 2.04 bits per heavy atom. The molecular formula is C17H15N3O3S. The van der Waals surface area contributed by atoms with E-state index in [0.717, 1.165) is 5.56 Å². The van der Waals surface area contributed by atoms with Crippen molar-refractivity contribution < 1.29 is 14.3 Å². The number of nitrogens with zero attached hydrogens (tertiary/aromatic N) is 2. The normalized spacial score (nSPS) is 10.2. The molecule has 0 aliphatic rings. The molecule has 0 aliphatic heterocycles. The molecule has 0 radical (unpaired) electrons. The molecule has 0 bridgehead atoms. The van der Waals surface area contributed by atoms with E-state index in [1.54, 1.807) is 38.6 Å². The molecule has 2 heterocycles. The van der Waals surface area contributed by atoms with E-state index in [2.05, 4.69) is 15.3 Å². The smallest absolute Gasteiger partial charge is 0.276 e. The van der Waals surface area contributed by atoms with Gasteiger partial charge in [-0.3, -0.25) is 15.1 Å². The van der Waals surface area contributed by atoms with Crippen molar-refractivity contribution in [3.05, 3.63) is 53.7 Å². The van der Waals surface area contributed by atoms with Crippen LogP contribution in [0.15, 0.2) is 48.0 Å².